The molecular weight excluding hydrogens is 382 g/mol. The fourth-order valence-corrected chi connectivity index (χ4v) is 3.48. The van der Waals surface area contributed by atoms with Crippen LogP contribution < -0.4 is 16.6 Å². The largest absolute Gasteiger partial charge is 0.332 e. The van der Waals surface area contributed by atoms with Crippen LogP contribution in [0.3, 0.4) is 0 Å². The maximum atomic E-state index is 13.4. The third kappa shape index (κ3) is 3.22. The first-order chi connectivity index (χ1) is 14.4. The summed E-state index contributed by atoms with van der Waals surface area (Å²) in [6, 6.07) is 15.8. The lowest BCUT2D eigenvalue weighted by Crippen LogP contribution is -2.38. The average Bonchev–Trinajstić information content (AvgIpc) is 3.18. The summed E-state index contributed by atoms with van der Waals surface area (Å²) < 4.78 is 3.84. The normalized spacial score (nSPS) is 12.1. The minimum absolute atomic E-state index is 0.188. The van der Waals surface area contributed by atoms with Crippen molar-refractivity contribution in [3.05, 3.63) is 92.9 Å². The molecule has 0 aliphatic carbocycles. The zero-order valence-electron chi connectivity index (χ0n) is 16.9. The van der Waals surface area contributed by atoms with Gasteiger partial charge in [0.25, 0.3) is 11.5 Å². The van der Waals surface area contributed by atoms with Gasteiger partial charge in [-0.3, -0.25) is 18.7 Å². The smallest absolute Gasteiger partial charge is 0.324 e. The lowest BCUT2D eigenvalue weighted by atomic mass is 10.1. The number of hydrogen-bond donors (Lipinski definition) is 1. The number of imidazole rings is 1. The molecule has 4 aromatic rings. The molecule has 0 aliphatic rings. The van der Waals surface area contributed by atoms with E-state index in [1.807, 2.05) is 61.5 Å². The van der Waals surface area contributed by atoms with Crippen molar-refractivity contribution in [2.24, 2.45) is 14.1 Å². The van der Waals surface area contributed by atoms with Gasteiger partial charge in [-0.2, -0.15) is 0 Å². The summed E-state index contributed by atoms with van der Waals surface area (Å²) >= 11 is 0. The lowest BCUT2D eigenvalue weighted by Gasteiger charge is -2.20. The van der Waals surface area contributed by atoms with Crippen molar-refractivity contribution in [3.63, 3.8) is 0 Å². The van der Waals surface area contributed by atoms with Crippen LogP contribution in [0.25, 0.3) is 11.2 Å². The summed E-state index contributed by atoms with van der Waals surface area (Å²) in [5, 5.41) is 2.92. The standard InChI is InChI=1S/C22H21N5O3/c1-14-9-11-16(12-10-14)24-20(28)17(15-7-5-4-6-8-15)27-13-23-19-18(27)21(29)26(3)22(30)25(19)2/h4-13,17H,1-3H3,(H,24,28)/t17-/m1/s1. The van der Waals surface area contributed by atoms with Gasteiger partial charge >= 0.3 is 5.69 Å². The predicted octanol–water partition coefficient (Wildman–Crippen LogP) is 1.97. The van der Waals surface area contributed by atoms with Gasteiger partial charge < -0.3 is 9.88 Å². The molecule has 30 heavy (non-hydrogen) atoms. The molecule has 152 valence electrons. The molecule has 2 aromatic carbocycles. The molecule has 8 heteroatoms. The number of fused-ring (bicyclic) bond motifs is 1. The van der Waals surface area contributed by atoms with Gasteiger partial charge in [-0.05, 0) is 24.6 Å². The highest BCUT2D eigenvalue weighted by atomic mass is 16.2. The topological polar surface area (TPSA) is 90.9 Å². The Morgan fingerprint density at radius 1 is 0.967 bits per heavy atom. The number of nitrogens with one attached hydrogen (secondary N) is 1. The third-order valence-electron chi connectivity index (χ3n) is 5.13. The quantitative estimate of drug-likeness (QED) is 0.564. The van der Waals surface area contributed by atoms with E-state index >= 15 is 0 Å². The average molecular weight is 403 g/mol. The number of aromatic nitrogens is 4. The second-order valence-electron chi connectivity index (χ2n) is 7.20. The van der Waals surface area contributed by atoms with Gasteiger partial charge in [0.05, 0.1) is 6.33 Å². The van der Waals surface area contributed by atoms with Crippen LogP contribution in [0.4, 0.5) is 5.69 Å². The van der Waals surface area contributed by atoms with E-state index in [1.165, 1.54) is 22.5 Å². The molecule has 2 heterocycles. The molecule has 1 N–H and O–H groups in total. The Hall–Kier alpha value is -3.94. The van der Waals surface area contributed by atoms with Gasteiger partial charge in [-0.25, -0.2) is 9.78 Å². The molecule has 0 fully saturated rings. The van der Waals surface area contributed by atoms with Gasteiger partial charge in [0.15, 0.2) is 11.2 Å². The van der Waals surface area contributed by atoms with Crippen LogP contribution in [-0.4, -0.2) is 24.6 Å². The van der Waals surface area contributed by atoms with E-state index in [1.54, 1.807) is 7.05 Å². The molecule has 0 aliphatic heterocycles. The second-order valence-corrected chi connectivity index (χ2v) is 7.20. The summed E-state index contributed by atoms with van der Waals surface area (Å²) in [4.78, 5) is 42.8. The SMILES string of the molecule is Cc1ccc(NC(=O)[C@@H](c2ccccc2)n2cnc3c2c(=O)n(C)c(=O)n3C)cc1. The highest BCUT2D eigenvalue weighted by Crippen LogP contribution is 2.24. The Morgan fingerprint density at radius 3 is 2.30 bits per heavy atom. The molecule has 1 atom stereocenters. The van der Waals surface area contributed by atoms with E-state index < -0.39 is 17.3 Å². The number of carbonyl (C=O) groups excluding carboxylic acids is 1. The zero-order valence-corrected chi connectivity index (χ0v) is 16.9. The molecule has 0 saturated carbocycles. The number of aryl methyl sites for hydroxylation is 2. The maximum absolute atomic E-state index is 13.4. The number of rotatable bonds is 4. The zero-order chi connectivity index (χ0) is 21.4. The molecule has 4 rings (SSSR count). The summed E-state index contributed by atoms with van der Waals surface area (Å²) in [6.07, 6.45) is 1.43. The Labute approximate surface area is 172 Å². The van der Waals surface area contributed by atoms with E-state index in [9.17, 15) is 14.4 Å². The first-order valence-electron chi connectivity index (χ1n) is 9.43. The Morgan fingerprint density at radius 2 is 1.63 bits per heavy atom. The molecule has 2 aromatic heterocycles. The molecule has 0 spiro atoms. The maximum Gasteiger partial charge on any atom is 0.332 e. The van der Waals surface area contributed by atoms with E-state index in [4.69, 9.17) is 0 Å². The van der Waals surface area contributed by atoms with Crippen LogP contribution in [0.1, 0.15) is 17.2 Å². The minimum atomic E-state index is -0.845. The van der Waals surface area contributed by atoms with Crippen molar-refractivity contribution in [1.82, 2.24) is 18.7 Å². The Balaban J connectivity index is 1.89. The van der Waals surface area contributed by atoms with Crippen molar-refractivity contribution in [1.29, 1.82) is 0 Å². The molecule has 0 radical (unpaired) electrons. The highest BCUT2D eigenvalue weighted by Gasteiger charge is 2.27. The van der Waals surface area contributed by atoms with Crippen LogP contribution >= 0.6 is 0 Å². The highest BCUT2D eigenvalue weighted by molar-refractivity contribution is 5.96. The van der Waals surface area contributed by atoms with Gasteiger partial charge in [0.2, 0.25) is 0 Å². The monoisotopic (exact) mass is 403 g/mol. The van der Waals surface area contributed by atoms with E-state index in [0.29, 0.717) is 11.3 Å². The van der Waals surface area contributed by atoms with Crippen molar-refractivity contribution in [3.8, 4) is 0 Å². The van der Waals surface area contributed by atoms with Crippen LogP contribution in [0.15, 0.2) is 70.5 Å². The molecule has 0 unspecified atom stereocenters. The number of anilines is 1. The molecule has 0 bridgehead atoms. The Bertz CT molecular complexity index is 1350. The fourth-order valence-electron chi connectivity index (χ4n) is 3.48. The second kappa shape index (κ2) is 7.47. The van der Waals surface area contributed by atoms with Crippen molar-refractivity contribution < 1.29 is 4.79 Å². The van der Waals surface area contributed by atoms with Gasteiger partial charge in [-0.1, -0.05) is 48.0 Å². The molecular formula is C22H21N5O3. The molecule has 1 amide bonds. The van der Waals surface area contributed by atoms with E-state index in [2.05, 4.69) is 10.3 Å². The first kappa shape index (κ1) is 19.4. The van der Waals surface area contributed by atoms with Gasteiger partial charge in [0, 0.05) is 19.8 Å². The van der Waals surface area contributed by atoms with Crippen LogP contribution in [0.5, 0.6) is 0 Å². The van der Waals surface area contributed by atoms with Crippen molar-refractivity contribution >= 4 is 22.8 Å². The summed E-state index contributed by atoms with van der Waals surface area (Å²) in [5.41, 5.74) is 1.86. The minimum Gasteiger partial charge on any atom is -0.324 e. The van der Waals surface area contributed by atoms with E-state index in [0.717, 1.165) is 10.1 Å². The van der Waals surface area contributed by atoms with Crippen molar-refractivity contribution in [2.45, 2.75) is 13.0 Å². The lowest BCUT2D eigenvalue weighted by molar-refractivity contribution is -0.118. The first-order valence-corrected chi connectivity index (χ1v) is 9.43. The summed E-state index contributed by atoms with van der Waals surface area (Å²) in [5.74, 6) is -0.319. The number of carbonyl (C=O) groups is 1. The predicted molar refractivity (Wildman–Crippen MR) is 115 cm³/mol. The summed E-state index contributed by atoms with van der Waals surface area (Å²) in [7, 11) is 2.96. The van der Waals surface area contributed by atoms with Gasteiger partial charge in [0.1, 0.15) is 6.04 Å². The third-order valence-corrected chi connectivity index (χ3v) is 5.13. The fraction of sp³-hybridized carbons (Fsp3) is 0.182. The van der Waals surface area contributed by atoms with Crippen LogP contribution in [-0.2, 0) is 18.9 Å². The number of hydrogen-bond acceptors (Lipinski definition) is 4. The van der Waals surface area contributed by atoms with Crippen molar-refractivity contribution in [2.75, 3.05) is 5.32 Å². The van der Waals surface area contributed by atoms with Gasteiger partial charge in [-0.15, -0.1) is 0 Å². The van der Waals surface area contributed by atoms with Crippen LogP contribution in [0.2, 0.25) is 0 Å². The number of amides is 1. The number of benzene rings is 2. The number of nitrogens with zero attached hydrogens (tertiary/aromatic N) is 4. The summed E-state index contributed by atoms with van der Waals surface area (Å²) in [6.45, 7) is 1.97. The Kier molecular flexibility index (Phi) is 4.83. The van der Waals surface area contributed by atoms with E-state index in [-0.39, 0.29) is 17.1 Å². The molecule has 0 saturated heterocycles. The van der Waals surface area contributed by atoms with Crippen LogP contribution in [0, 0.1) is 6.92 Å². The molecule has 8 nitrogen and oxygen atoms in total.